The van der Waals surface area contributed by atoms with E-state index in [0.29, 0.717) is 10.4 Å². The molecule has 0 unspecified atom stereocenters. The Morgan fingerprint density at radius 2 is 2.11 bits per heavy atom. The summed E-state index contributed by atoms with van der Waals surface area (Å²) in [5.41, 5.74) is 2.48. The highest BCUT2D eigenvalue weighted by Crippen LogP contribution is 2.18. The first-order valence-electron chi connectivity index (χ1n) is 6.24. The predicted octanol–water partition coefficient (Wildman–Crippen LogP) is 3.02. The number of aromatic amines is 2. The van der Waals surface area contributed by atoms with E-state index in [2.05, 4.69) is 21.9 Å². The minimum absolute atomic E-state index is 0.132. The lowest BCUT2D eigenvalue weighted by atomic mass is 10.1. The molecule has 0 aromatic carbocycles. The number of nitrogens with zero attached hydrogens (tertiary/aromatic N) is 1. The Kier molecular flexibility index (Phi) is 3.91. The van der Waals surface area contributed by atoms with Gasteiger partial charge in [0.15, 0.2) is 4.77 Å². The number of unbranched alkanes of at least 4 members (excludes halogenated alkanes) is 2. The van der Waals surface area contributed by atoms with Gasteiger partial charge in [0, 0.05) is 17.1 Å². The molecule has 2 heterocycles. The summed E-state index contributed by atoms with van der Waals surface area (Å²) in [7, 11) is 0. The largest absolute Gasteiger partial charge is 0.334 e. The Morgan fingerprint density at radius 3 is 2.83 bits per heavy atom. The molecule has 4 nitrogen and oxygen atoms in total. The molecular weight excluding hydrogens is 246 g/mol. The number of hydrogen-bond donors (Lipinski definition) is 2. The van der Waals surface area contributed by atoms with Gasteiger partial charge in [-0.3, -0.25) is 4.79 Å². The van der Waals surface area contributed by atoms with Crippen LogP contribution in [0, 0.1) is 11.7 Å². The van der Waals surface area contributed by atoms with Crippen LogP contribution in [-0.4, -0.2) is 15.0 Å². The van der Waals surface area contributed by atoms with Crippen LogP contribution in [0.25, 0.3) is 11.0 Å². The van der Waals surface area contributed by atoms with Crippen molar-refractivity contribution >= 4 is 23.3 Å². The predicted molar refractivity (Wildman–Crippen MR) is 75.5 cm³/mol. The number of hydrogen-bond acceptors (Lipinski definition) is 3. The fraction of sp³-hybridized carbons (Fsp3) is 0.462. The van der Waals surface area contributed by atoms with E-state index in [-0.39, 0.29) is 5.56 Å². The maximum atomic E-state index is 11.4. The van der Waals surface area contributed by atoms with E-state index in [0.717, 1.165) is 29.5 Å². The van der Waals surface area contributed by atoms with Crippen molar-refractivity contribution in [3.63, 3.8) is 0 Å². The van der Waals surface area contributed by atoms with Crippen molar-refractivity contribution in [3.8, 4) is 0 Å². The van der Waals surface area contributed by atoms with Gasteiger partial charge in [0.25, 0.3) is 0 Å². The molecule has 0 saturated heterocycles. The molecule has 0 saturated carbocycles. The first-order valence-corrected chi connectivity index (χ1v) is 6.65. The molecule has 0 fully saturated rings. The van der Waals surface area contributed by atoms with E-state index in [1.54, 1.807) is 6.07 Å². The Hall–Kier alpha value is -1.49. The van der Waals surface area contributed by atoms with Crippen LogP contribution >= 0.6 is 12.2 Å². The summed E-state index contributed by atoms with van der Waals surface area (Å²) in [6.07, 6.45) is 4.41. The van der Waals surface area contributed by atoms with Gasteiger partial charge < -0.3 is 9.97 Å². The molecule has 0 aliphatic heterocycles. The highest BCUT2D eigenvalue weighted by Gasteiger charge is 2.07. The zero-order valence-electron chi connectivity index (χ0n) is 10.7. The smallest absolute Gasteiger partial charge is 0.249 e. The number of H-pyrrole nitrogens is 2. The zero-order chi connectivity index (χ0) is 13.1. The third-order valence-corrected chi connectivity index (χ3v) is 3.22. The molecule has 0 amide bonds. The Bertz CT molecular complexity index is 667. The van der Waals surface area contributed by atoms with Gasteiger partial charge in [0.2, 0.25) is 5.56 Å². The summed E-state index contributed by atoms with van der Waals surface area (Å²) in [6, 6.07) is 1.60. The number of aromatic nitrogens is 3. The van der Waals surface area contributed by atoms with Gasteiger partial charge in [-0.2, -0.15) is 0 Å². The van der Waals surface area contributed by atoms with Crippen LogP contribution in [-0.2, 0) is 6.42 Å². The molecule has 0 radical (unpaired) electrons. The minimum Gasteiger partial charge on any atom is -0.334 e. The molecule has 0 aliphatic carbocycles. The van der Waals surface area contributed by atoms with Gasteiger partial charge in [0.1, 0.15) is 5.65 Å². The zero-order valence-corrected chi connectivity index (χ0v) is 11.5. The van der Waals surface area contributed by atoms with Crippen LogP contribution < -0.4 is 5.56 Å². The second-order valence-corrected chi connectivity index (χ2v) is 4.90. The molecule has 2 aromatic heterocycles. The van der Waals surface area contributed by atoms with E-state index >= 15 is 0 Å². The number of rotatable bonds is 4. The van der Waals surface area contributed by atoms with Gasteiger partial charge in [-0.05, 0) is 37.5 Å². The fourth-order valence-electron chi connectivity index (χ4n) is 2.20. The van der Waals surface area contributed by atoms with Crippen molar-refractivity contribution in [3.05, 3.63) is 32.4 Å². The summed E-state index contributed by atoms with van der Waals surface area (Å²) < 4.78 is 0.426. The molecule has 2 rings (SSSR count). The lowest BCUT2D eigenvalue weighted by Gasteiger charge is -2.08. The van der Waals surface area contributed by atoms with E-state index in [9.17, 15) is 4.79 Å². The van der Waals surface area contributed by atoms with Crippen molar-refractivity contribution in [2.24, 2.45) is 0 Å². The van der Waals surface area contributed by atoms with Gasteiger partial charge >= 0.3 is 0 Å². The number of aryl methyl sites for hydroxylation is 2. The minimum atomic E-state index is -0.132. The molecule has 0 atom stereocenters. The number of fused-ring (bicyclic) bond motifs is 1. The highest BCUT2D eigenvalue weighted by atomic mass is 32.1. The van der Waals surface area contributed by atoms with Gasteiger partial charge in [-0.15, -0.1) is 0 Å². The first-order chi connectivity index (χ1) is 8.61. The lowest BCUT2D eigenvalue weighted by Crippen LogP contribution is -2.09. The maximum Gasteiger partial charge on any atom is 0.249 e. The van der Waals surface area contributed by atoms with Crippen LogP contribution in [0.1, 0.15) is 37.4 Å². The molecule has 2 aromatic rings. The average molecular weight is 263 g/mol. The molecule has 96 valence electrons. The Balaban J connectivity index is 2.57. The van der Waals surface area contributed by atoms with Gasteiger partial charge in [0.05, 0.1) is 0 Å². The van der Waals surface area contributed by atoms with Gasteiger partial charge in [-0.25, -0.2) is 4.98 Å². The quantitative estimate of drug-likeness (QED) is 0.658. The Labute approximate surface area is 110 Å². The van der Waals surface area contributed by atoms with Crippen LogP contribution in [0.2, 0.25) is 0 Å². The summed E-state index contributed by atoms with van der Waals surface area (Å²) >= 11 is 5.10. The van der Waals surface area contributed by atoms with Crippen LogP contribution in [0.3, 0.4) is 0 Å². The summed E-state index contributed by atoms with van der Waals surface area (Å²) in [4.78, 5) is 21.5. The summed E-state index contributed by atoms with van der Waals surface area (Å²) in [5, 5.41) is 0.999. The van der Waals surface area contributed by atoms with Gasteiger partial charge in [-0.1, -0.05) is 19.8 Å². The van der Waals surface area contributed by atoms with Crippen LogP contribution in [0.15, 0.2) is 10.9 Å². The van der Waals surface area contributed by atoms with Crippen molar-refractivity contribution in [2.45, 2.75) is 39.5 Å². The summed E-state index contributed by atoms with van der Waals surface area (Å²) in [5.74, 6) is 0. The standard InChI is InChI=1S/C13H17N3OS/c1-3-4-5-6-9-11-8(2)7-10(17)15-12(11)16-13(18)14-9/h7H,3-6H2,1-2H3,(H2,14,15,16,17,18). The van der Waals surface area contributed by atoms with Crippen LogP contribution in [0.4, 0.5) is 0 Å². The normalized spacial score (nSPS) is 11.0. The van der Waals surface area contributed by atoms with Crippen molar-refractivity contribution in [1.82, 2.24) is 15.0 Å². The molecule has 0 aliphatic rings. The van der Waals surface area contributed by atoms with Crippen molar-refractivity contribution < 1.29 is 0 Å². The molecular formula is C13H17N3OS. The molecule has 5 heteroatoms. The van der Waals surface area contributed by atoms with Crippen molar-refractivity contribution in [2.75, 3.05) is 0 Å². The highest BCUT2D eigenvalue weighted by molar-refractivity contribution is 7.71. The molecule has 0 spiro atoms. The SMILES string of the molecule is CCCCCc1[nH]c(=S)nc2[nH]c(=O)cc(C)c12. The topological polar surface area (TPSA) is 61.5 Å². The lowest BCUT2D eigenvalue weighted by molar-refractivity contribution is 0.708. The fourth-order valence-corrected chi connectivity index (χ4v) is 2.41. The maximum absolute atomic E-state index is 11.4. The van der Waals surface area contributed by atoms with E-state index in [1.807, 2.05) is 6.92 Å². The molecule has 18 heavy (non-hydrogen) atoms. The first kappa shape index (κ1) is 13.0. The summed E-state index contributed by atoms with van der Waals surface area (Å²) in [6.45, 7) is 4.11. The van der Waals surface area contributed by atoms with E-state index < -0.39 is 0 Å². The molecule has 0 bridgehead atoms. The number of nitrogens with one attached hydrogen (secondary N) is 2. The third-order valence-electron chi connectivity index (χ3n) is 3.02. The number of pyridine rings is 1. The second kappa shape index (κ2) is 5.44. The monoisotopic (exact) mass is 263 g/mol. The molecule has 2 N–H and O–H groups in total. The Morgan fingerprint density at radius 1 is 1.33 bits per heavy atom. The van der Waals surface area contributed by atoms with E-state index in [1.165, 1.54) is 12.8 Å². The third kappa shape index (κ3) is 2.67. The second-order valence-electron chi connectivity index (χ2n) is 4.52. The average Bonchev–Trinajstić information content (AvgIpc) is 2.27. The van der Waals surface area contributed by atoms with Crippen molar-refractivity contribution in [1.29, 1.82) is 0 Å². The van der Waals surface area contributed by atoms with Crippen LogP contribution in [0.5, 0.6) is 0 Å². The van der Waals surface area contributed by atoms with E-state index in [4.69, 9.17) is 12.2 Å².